The number of nitrogens with zero attached hydrogens (tertiary/aromatic N) is 2. The quantitative estimate of drug-likeness (QED) is 0.0960. The van der Waals surface area contributed by atoms with Crippen LogP contribution in [-0.4, -0.2) is 127 Å². The van der Waals surface area contributed by atoms with E-state index >= 15 is 0 Å². The summed E-state index contributed by atoms with van der Waals surface area (Å²) in [6.45, 7) is 16.7. The summed E-state index contributed by atoms with van der Waals surface area (Å²) in [4.78, 5) is 98.8. The molecule has 8 amide bonds. The van der Waals surface area contributed by atoms with Crippen molar-refractivity contribution in [2.24, 2.45) is 11.3 Å². The normalized spacial score (nSPS) is 17.8. The van der Waals surface area contributed by atoms with Crippen molar-refractivity contribution in [2.45, 2.75) is 149 Å². The topological polar surface area (TPSA) is 217 Å². The number of aryl methyl sites for hydroxylation is 1. The zero-order valence-electron chi connectivity index (χ0n) is 41.1. The maximum atomic E-state index is 14.5. The molecular weight excluding hydrogens is 857 g/mol. The van der Waals surface area contributed by atoms with Crippen LogP contribution in [0.15, 0.2) is 60.7 Å². The predicted molar refractivity (Wildman–Crippen MR) is 256 cm³/mol. The third-order valence-electron chi connectivity index (χ3n) is 11.7. The summed E-state index contributed by atoms with van der Waals surface area (Å²) in [5.74, 6) is -2.08. The summed E-state index contributed by atoms with van der Waals surface area (Å²) >= 11 is 0. The lowest BCUT2D eigenvalue weighted by atomic mass is 9.86. The maximum absolute atomic E-state index is 14.5. The summed E-state index contributed by atoms with van der Waals surface area (Å²) in [6, 6.07) is 14.3. The van der Waals surface area contributed by atoms with Gasteiger partial charge in [0.05, 0.1) is 0 Å². The van der Waals surface area contributed by atoms with E-state index in [9.17, 15) is 33.6 Å². The average molecular weight is 933 g/mol. The second kappa shape index (κ2) is 24.8. The Bertz CT molecular complexity index is 1970. The minimum atomic E-state index is -1.16. The Hall–Kier alpha value is -5.87. The molecule has 370 valence electrons. The minimum Gasteiger partial charge on any atom is -0.444 e. The number of hydrogen-bond acceptors (Lipinski definition) is 9. The fourth-order valence-corrected chi connectivity index (χ4v) is 8.43. The van der Waals surface area contributed by atoms with Crippen molar-refractivity contribution in [3.63, 3.8) is 0 Å². The first-order valence-corrected chi connectivity index (χ1v) is 23.8. The van der Waals surface area contributed by atoms with Gasteiger partial charge in [-0.25, -0.2) is 14.4 Å². The molecule has 5 atom stereocenters. The van der Waals surface area contributed by atoms with Crippen LogP contribution in [0.4, 0.5) is 14.4 Å². The molecule has 0 saturated carbocycles. The zero-order chi connectivity index (χ0) is 49.4. The van der Waals surface area contributed by atoms with Gasteiger partial charge in [-0.2, -0.15) is 0 Å². The second-order valence-corrected chi connectivity index (χ2v) is 20.4. The van der Waals surface area contributed by atoms with Gasteiger partial charge in [0, 0.05) is 51.6 Å². The van der Waals surface area contributed by atoms with E-state index < -0.39 is 65.3 Å². The molecule has 2 saturated heterocycles. The molecule has 1 unspecified atom stereocenters. The van der Waals surface area contributed by atoms with Crippen molar-refractivity contribution in [2.75, 3.05) is 39.8 Å². The third kappa shape index (κ3) is 18.4. The van der Waals surface area contributed by atoms with Gasteiger partial charge < -0.3 is 51.2 Å². The van der Waals surface area contributed by atoms with Gasteiger partial charge >= 0.3 is 18.2 Å². The number of nitrogens with one attached hydrogen (secondary N) is 6. The van der Waals surface area contributed by atoms with Crippen LogP contribution in [0.25, 0.3) is 0 Å². The number of likely N-dealkylation sites (tertiary alicyclic amines) is 2. The Balaban J connectivity index is 1.54. The van der Waals surface area contributed by atoms with Crippen LogP contribution in [-0.2, 0) is 41.5 Å². The molecule has 2 aromatic carbocycles. The van der Waals surface area contributed by atoms with E-state index in [2.05, 4.69) is 31.9 Å². The molecule has 0 aliphatic carbocycles. The van der Waals surface area contributed by atoms with E-state index in [-0.39, 0.29) is 49.0 Å². The summed E-state index contributed by atoms with van der Waals surface area (Å²) in [5.41, 5.74) is -0.0169. The van der Waals surface area contributed by atoms with E-state index in [0.717, 1.165) is 17.5 Å². The first-order chi connectivity index (χ1) is 31.5. The lowest BCUT2D eigenvalue weighted by Gasteiger charge is -2.30. The number of unbranched alkanes of at least 4 members (excludes halogenated alkanes) is 1. The highest BCUT2D eigenvalue weighted by Gasteiger charge is 2.47. The highest BCUT2D eigenvalue weighted by atomic mass is 16.6. The van der Waals surface area contributed by atoms with Gasteiger partial charge in [-0.15, -0.1) is 0 Å². The summed E-state index contributed by atoms with van der Waals surface area (Å²) in [6.07, 6.45) is 2.37. The van der Waals surface area contributed by atoms with Gasteiger partial charge in [-0.1, -0.05) is 74.5 Å². The number of carbonyl (C=O) groups excluding carboxylic acids is 7. The monoisotopic (exact) mass is 933 g/mol. The van der Waals surface area contributed by atoms with E-state index in [0.29, 0.717) is 58.4 Å². The summed E-state index contributed by atoms with van der Waals surface area (Å²) in [5, 5.41) is 16.9. The molecule has 6 N–H and O–H groups in total. The second-order valence-electron chi connectivity index (χ2n) is 20.4. The van der Waals surface area contributed by atoms with Crippen LogP contribution in [0.5, 0.6) is 0 Å². The molecular formula is C50H76N8O9. The molecule has 2 aliphatic heterocycles. The van der Waals surface area contributed by atoms with Crippen LogP contribution >= 0.6 is 0 Å². The molecule has 17 nitrogen and oxygen atoms in total. The van der Waals surface area contributed by atoms with E-state index in [1.165, 1.54) is 0 Å². The first kappa shape index (κ1) is 53.7. The molecule has 0 radical (unpaired) electrons. The SMILES string of the molecule is CNC(=O)N1CCC2(CCN(C(=O)[C@@H](CCCCNC(=O)OC(C)(C)C)NC(=O)[C@@H](CC(C)C)NC(=O)[C@@H](Cc3ccccc3)NC(=O)[C@@H](CCc3ccccc3)NC(=O)OC(C)(C)C)C2)C1. The lowest BCUT2D eigenvalue weighted by molar-refractivity contribution is -0.137. The predicted octanol–water partition coefficient (Wildman–Crippen LogP) is 5.21. The molecule has 4 rings (SSSR count). The van der Waals surface area contributed by atoms with Crippen LogP contribution < -0.4 is 31.9 Å². The summed E-state index contributed by atoms with van der Waals surface area (Å²) < 4.78 is 10.9. The van der Waals surface area contributed by atoms with Gasteiger partial charge in [-0.05, 0) is 110 Å². The first-order valence-electron chi connectivity index (χ1n) is 23.8. The molecule has 17 heteroatoms. The Kier molecular flexibility index (Phi) is 19.9. The number of hydrogen-bond donors (Lipinski definition) is 6. The Morgan fingerprint density at radius 3 is 1.75 bits per heavy atom. The molecule has 2 aliphatic rings. The standard InChI is InChI=1S/C50H76N8O9/c1-34(2)30-39(42(60)53-38(22-16-17-27-52-46(64)66-48(3,4)5)44(62)57-28-25-50(32-57)26-29-58(33-50)45(63)51-9)54-43(61)40(31-36-20-14-11-15-21-36)55-41(59)37(56-47(65)67-49(6,7)8)24-23-35-18-12-10-13-19-35/h10-15,18-21,34,37-40H,16-17,22-33H2,1-9H3,(H,51,63)(H,52,64)(H,53,60)(H,54,61)(H,55,59)(H,56,65)/t37-,38-,39-,40-,50?/m1/s1. The molecule has 2 fully saturated rings. The molecule has 0 aromatic heterocycles. The van der Waals surface area contributed by atoms with Crippen LogP contribution in [0, 0.1) is 11.3 Å². The van der Waals surface area contributed by atoms with Gasteiger partial charge in [0.15, 0.2) is 0 Å². The largest absolute Gasteiger partial charge is 0.444 e. The Morgan fingerprint density at radius 1 is 0.627 bits per heavy atom. The number of alkyl carbamates (subject to hydrolysis) is 2. The van der Waals surface area contributed by atoms with Gasteiger partial charge in [-0.3, -0.25) is 19.2 Å². The number of urea groups is 1. The van der Waals surface area contributed by atoms with Gasteiger partial charge in [0.1, 0.15) is 35.4 Å². The molecule has 0 bridgehead atoms. The van der Waals surface area contributed by atoms with Crippen LogP contribution in [0.3, 0.4) is 0 Å². The zero-order valence-corrected chi connectivity index (χ0v) is 41.1. The van der Waals surface area contributed by atoms with Gasteiger partial charge in [0.2, 0.25) is 23.6 Å². The molecule has 67 heavy (non-hydrogen) atoms. The average Bonchev–Trinajstić information content (AvgIpc) is 3.88. The van der Waals surface area contributed by atoms with Crippen LogP contribution in [0.2, 0.25) is 0 Å². The van der Waals surface area contributed by atoms with Crippen molar-refractivity contribution >= 4 is 41.8 Å². The van der Waals surface area contributed by atoms with Crippen LogP contribution in [0.1, 0.15) is 111 Å². The third-order valence-corrected chi connectivity index (χ3v) is 11.7. The van der Waals surface area contributed by atoms with Gasteiger partial charge in [0.25, 0.3) is 0 Å². The van der Waals surface area contributed by atoms with E-state index in [1.807, 2.05) is 74.5 Å². The fourth-order valence-electron chi connectivity index (χ4n) is 8.43. The fraction of sp³-hybridized carbons (Fsp3) is 0.620. The van der Waals surface area contributed by atoms with Crippen molar-refractivity contribution in [3.05, 3.63) is 71.8 Å². The van der Waals surface area contributed by atoms with E-state index in [1.54, 1.807) is 58.4 Å². The molecule has 1 spiro atoms. The van der Waals surface area contributed by atoms with Crippen molar-refractivity contribution in [1.29, 1.82) is 0 Å². The number of benzene rings is 2. The lowest BCUT2D eigenvalue weighted by Crippen LogP contribution is -2.59. The van der Waals surface area contributed by atoms with Crippen molar-refractivity contribution in [3.8, 4) is 0 Å². The number of ether oxygens (including phenoxy) is 2. The highest BCUT2D eigenvalue weighted by Crippen LogP contribution is 2.39. The van der Waals surface area contributed by atoms with Crippen molar-refractivity contribution in [1.82, 2.24) is 41.7 Å². The molecule has 2 heterocycles. The number of amides is 8. The maximum Gasteiger partial charge on any atom is 0.408 e. The summed E-state index contributed by atoms with van der Waals surface area (Å²) in [7, 11) is 1.60. The minimum absolute atomic E-state index is 0.0595. The molecule has 2 aromatic rings. The van der Waals surface area contributed by atoms with Crippen molar-refractivity contribution < 1.29 is 43.0 Å². The smallest absolute Gasteiger partial charge is 0.408 e. The van der Waals surface area contributed by atoms with E-state index in [4.69, 9.17) is 9.47 Å². The number of carbonyl (C=O) groups is 7. The highest BCUT2D eigenvalue weighted by molar-refractivity contribution is 5.95. The Morgan fingerprint density at radius 2 is 1.15 bits per heavy atom. The Labute approximate surface area is 397 Å². The number of rotatable bonds is 20.